The predicted octanol–water partition coefficient (Wildman–Crippen LogP) is 4.99. The van der Waals surface area contributed by atoms with E-state index in [4.69, 9.17) is 11.6 Å². The molecule has 27 heavy (non-hydrogen) atoms. The van der Waals surface area contributed by atoms with Gasteiger partial charge in [-0.2, -0.15) is 0 Å². The van der Waals surface area contributed by atoms with E-state index in [0.29, 0.717) is 16.4 Å². The van der Waals surface area contributed by atoms with Gasteiger partial charge in [0.2, 0.25) is 0 Å². The number of para-hydroxylation sites is 1. The minimum Gasteiger partial charge on any atom is -0.353 e. The Morgan fingerprint density at radius 2 is 1.74 bits per heavy atom. The molecule has 0 aliphatic rings. The van der Waals surface area contributed by atoms with Crippen LogP contribution in [0.4, 0.5) is 5.69 Å². The number of H-pyrrole nitrogens is 1. The van der Waals surface area contributed by atoms with Crippen molar-refractivity contribution in [1.82, 2.24) is 9.97 Å². The Balaban J connectivity index is 1.75. The molecule has 0 fully saturated rings. The minimum atomic E-state index is -3.70. The van der Waals surface area contributed by atoms with Crippen LogP contribution in [0.3, 0.4) is 0 Å². The lowest BCUT2D eigenvalue weighted by Crippen LogP contribution is -2.13. The Kier molecular flexibility index (Phi) is 4.37. The van der Waals surface area contributed by atoms with Gasteiger partial charge in [0.1, 0.15) is 5.15 Å². The van der Waals surface area contributed by atoms with Crippen LogP contribution in [-0.2, 0) is 10.0 Å². The maximum atomic E-state index is 12.8. The number of hydrogen-bond acceptors (Lipinski definition) is 3. The molecule has 0 amide bonds. The smallest absolute Gasteiger partial charge is 0.261 e. The van der Waals surface area contributed by atoms with Crippen molar-refractivity contribution in [3.05, 3.63) is 77.4 Å². The molecule has 7 heteroatoms. The lowest BCUT2D eigenvalue weighted by atomic mass is 10.1. The maximum Gasteiger partial charge on any atom is 0.261 e. The number of pyridine rings is 1. The topological polar surface area (TPSA) is 74.8 Å². The van der Waals surface area contributed by atoms with Gasteiger partial charge in [-0.3, -0.25) is 4.72 Å². The summed E-state index contributed by atoms with van der Waals surface area (Å²) in [6, 6.07) is 19.3. The van der Waals surface area contributed by atoms with Crippen molar-refractivity contribution < 1.29 is 8.42 Å². The van der Waals surface area contributed by atoms with E-state index in [2.05, 4.69) is 14.7 Å². The van der Waals surface area contributed by atoms with E-state index in [1.54, 1.807) is 42.5 Å². The molecule has 0 saturated heterocycles. The van der Waals surface area contributed by atoms with Crippen molar-refractivity contribution in [1.29, 1.82) is 0 Å². The van der Waals surface area contributed by atoms with Gasteiger partial charge < -0.3 is 4.98 Å². The molecule has 0 aliphatic heterocycles. The summed E-state index contributed by atoms with van der Waals surface area (Å²) in [6.45, 7) is 1.91. The van der Waals surface area contributed by atoms with Gasteiger partial charge in [-0.15, -0.1) is 0 Å². The first-order valence-corrected chi connectivity index (χ1v) is 10.1. The second-order valence-corrected chi connectivity index (χ2v) is 8.28. The van der Waals surface area contributed by atoms with E-state index >= 15 is 0 Å². The van der Waals surface area contributed by atoms with Crippen molar-refractivity contribution in [2.75, 3.05) is 4.72 Å². The number of fused-ring (bicyclic) bond motifs is 1. The molecule has 0 unspecified atom stereocenters. The quantitative estimate of drug-likeness (QED) is 0.476. The molecular formula is C20H16ClN3O2S. The highest BCUT2D eigenvalue weighted by Gasteiger charge is 2.17. The highest BCUT2D eigenvalue weighted by Crippen LogP contribution is 2.31. The molecule has 4 rings (SSSR count). The molecule has 2 heterocycles. The van der Waals surface area contributed by atoms with E-state index in [9.17, 15) is 8.42 Å². The van der Waals surface area contributed by atoms with Crippen LogP contribution in [0.15, 0.2) is 71.6 Å². The molecule has 4 aromatic rings. The summed E-state index contributed by atoms with van der Waals surface area (Å²) in [5.41, 5.74) is 4.50. The molecule has 5 nitrogen and oxygen atoms in total. The number of aromatic nitrogens is 2. The number of rotatable bonds is 4. The summed E-state index contributed by atoms with van der Waals surface area (Å²) in [6.07, 6.45) is 0. The average Bonchev–Trinajstić information content (AvgIpc) is 3.05. The van der Waals surface area contributed by atoms with E-state index in [1.807, 2.05) is 31.2 Å². The van der Waals surface area contributed by atoms with Crippen LogP contribution in [0.5, 0.6) is 0 Å². The Labute approximate surface area is 162 Å². The fraction of sp³-hybridized carbons (Fsp3) is 0.0500. The zero-order chi connectivity index (χ0) is 19.0. The molecular weight excluding hydrogens is 382 g/mol. The molecule has 0 spiro atoms. The summed E-state index contributed by atoms with van der Waals surface area (Å²) in [4.78, 5) is 7.75. The van der Waals surface area contributed by atoms with Gasteiger partial charge in [0.05, 0.1) is 27.3 Å². The lowest BCUT2D eigenvalue weighted by Gasteiger charge is -2.12. The third-order valence-corrected chi connectivity index (χ3v) is 5.83. The van der Waals surface area contributed by atoms with Crippen molar-refractivity contribution >= 4 is 38.3 Å². The monoisotopic (exact) mass is 397 g/mol. The Morgan fingerprint density at radius 3 is 2.52 bits per heavy atom. The summed E-state index contributed by atoms with van der Waals surface area (Å²) in [5, 5.41) is 0.404. The second-order valence-electron chi connectivity index (χ2n) is 6.21. The van der Waals surface area contributed by atoms with Crippen LogP contribution in [0.2, 0.25) is 5.15 Å². The van der Waals surface area contributed by atoms with Crippen molar-refractivity contribution in [3.8, 4) is 11.3 Å². The number of halogens is 1. The van der Waals surface area contributed by atoms with Crippen molar-refractivity contribution in [2.24, 2.45) is 0 Å². The average molecular weight is 398 g/mol. The standard InChI is InChI=1S/C20H16ClN3O2S/c1-13-6-8-14(9-7-13)27(25,26)24-16-5-3-2-4-15(16)18-12-19-17(22-18)10-11-20(21)23-19/h2-12,22,24H,1H3. The first kappa shape index (κ1) is 17.6. The third-order valence-electron chi connectivity index (χ3n) is 4.23. The Hall–Kier alpha value is -2.83. The number of nitrogens with one attached hydrogen (secondary N) is 2. The molecule has 0 saturated carbocycles. The largest absolute Gasteiger partial charge is 0.353 e. The van der Waals surface area contributed by atoms with Gasteiger partial charge in [-0.25, -0.2) is 13.4 Å². The number of aromatic amines is 1. The van der Waals surface area contributed by atoms with Gasteiger partial charge in [-0.1, -0.05) is 47.5 Å². The highest BCUT2D eigenvalue weighted by molar-refractivity contribution is 7.92. The van der Waals surface area contributed by atoms with Crippen LogP contribution in [0, 0.1) is 6.92 Å². The zero-order valence-electron chi connectivity index (χ0n) is 14.4. The van der Waals surface area contributed by atoms with E-state index < -0.39 is 10.0 Å². The van der Waals surface area contributed by atoms with Gasteiger partial charge in [-0.05, 0) is 43.3 Å². The second kappa shape index (κ2) is 6.72. The zero-order valence-corrected chi connectivity index (χ0v) is 16.0. The van der Waals surface area contributed by atoms with Crippen LogP contribution >= 0.6 is 11.6 Å². The van der Waals surface area contributed by atoms with Gasteiger partial charge in [0.15, 0.2) is 0 Å². The number of benzene rings is 2. The SMILES string of the molecule is Cc1ccc(S(=O)(=O)Nc2ccccc2-c2cc3nc(Cl)ccc3[nH]2)cc1. The molecule has 2 aromatic heterocycles. The van der Waals surface area contributed by atoms with Gasteiger partial charge >= 0.3 is 0 Å². The number of sulfonamides is 1. The lowest BCUT2D eigenvalue weighted by molar-refractivity contribution is 0.601. The maximum absolute atomic E-state index is 12.8. The summed E-state index contributed by atoms with van der Waals surface area (Å²) < 4.78 is 28.2. The Bertz CT molecular complexity index is 1230. The number of anilines is 1. The first-order valence-electron chi connectivity index (χ1n) is 8.26. The van der Waals surface area contributed by atoms with E-state index in [-0.39, 0.29) is 4.90 Å². The van der Waals surface area contributed by atoms with Crippen molar-refractivity contribution in [3.63, 3.8) is 0 Å². The molecule has 136 valence electrons. The summed E-state index contributed by atoms with van der Waals surface area (Å²) >= 11 is 5.95. The molecule has 0 aliphatic carbocycles. The molecule has 0 atom stereocenters. The molecule has 0 bridgehead atoms. The van der Waals surface area contributed by atoms with Gasteiger partial charge in [0, 0.05) is 5.56 Å². The summed E-state index contributed by atoms with van der Waals surface area (Å²) in [5.74, 6) is 0. The van der Waals surface area contributed by atoms with Crippen LogP contribution in [0.25, 0.3) is 22.3 Å². The van der Waals surface area contributed by atoms with Gasteiger partial charge in [0.25, 0.3) is 10.0 Å². The fourth-order valence-electron chi connectivity index (χ4n) is 2.86. The predicted molar refractivity (Wildman–Crippen MR) is 109 cm³/mol. The van der Waals surface area contributed by atoms with Crippen LogP contribution in [0.1, 0.15) is 5.56 Å². The van der Waals surface area contributed by atoms with Crippen LogP contribution < -0.4 is 4.72 Å². The fourth-order valence-corrected chi connectivity index (χ4v) is 4.09. The summed E-state index contributed by atoms with van der Waals surface area (Å²) in [7, 11) is -3.70. The number of nitrogens with zero attached hydrogens (tertiary/aromatic N) is 1. The van der Waals surface area contributed by atoms with E-state index in [0.717, 1.165) is 22.3 Å². The van der Waals surface area contributed by atoms with E-state index in [1.165, 1.54) is 0 Å². The minimum absolute atomic E-state index is 0.216. The van der Waals surface area contributed by atoms with Crippen molar-refractivity contribution in [2.45, 2.75) is 11.8 Å². The highest BCUT2D eigenvalue weighted by atomic mass is 35.5. The molecule has 2 N–H and O–H groups in total. The first-order chi connectivity index (χ1) is 12.9. The molecule has 0 radical (unpaired) electrons. The normalized spacial score (nSPS) is 11.6. The Morgan fingerprint density at radius 1 is 1.00 bits per heavy atom. The van der Waals surface area contributed by atoms with Crippen LogP contribution in [-0.4, -0.2) is 18.4 Å². The third kappa shape index (κ3) is 3.54. The number of hydrogen-bond donors (Lipinski definition) is 2. The number of aryl methyl sites for hydroxylation is 1. The molecule has 2 aromatic carbocycles.